The molecular formula is C18H19BrN2O. The number of hydrogen-bond acceptors (Lipinski definition) is 2. The summed E-state index contributed by atoms with van der Waals surface area (Å²) >= 11 is 3.47. The molecule has 0 aromatic heterocycles. The Bertz CT molecular complexity index is 726. The molecule has 2 aliphatic carbocycles. The minimum atomic E-state index is -0.628. The first-order valence-electron chi connectivity index (χ1n) is 7.87. The number of hydrogen-bond donors (Lipinski definition) is 0. The Hall–Kier alpha value is -1.34. The van der Waals surface area contributed by atoms with Gasteiger partial charge in [0.15, 0.2) is 0 Å². The highest BCUT2D eigenvalue weighted by Crippen LogP contribution is 2.75. The van der Waals surface area contributed by atoms with E-state index in [-0.39, 0.29) is 16.7 Å². The van der Waals surface area contributed by atoms with Crippen molar-refractivity contribution in [3.8, 4) is 6.07 Å². The van der Waals surface area contributed by atoms with Gasteiger partial charge >= 0.3 is 0 Å². The molecule has 114 valence electrons. The lowest BCUT2D eigenvalue weighted by Crippen LogP contribution is -2.54. The molecule has 1 amide bonds. The highest BCUT2D eigenvalue weighted by atomic mass is 79.9. The largest absolute Gasteiger partial charge is 0.319 e. The number of halogens is 1. The van der Waals surface area contributed by atoms with E-state index in [2.05, 4.69) is 35.8 Å². The van der Waals surface area contributed by atoms with Gasteiger partial charge in [0.05, 0.1) is 11.6 Å². The predicted molar refractivity (Wildman–Crippen MR) is 87.1 cm³/mol. The van der Waals surface area contributed by atoms with Gasteiger partial charge in [-0.3, -0.25) is 4.79 Å². The molecule has 1 aliphatic heterocycles. The third-order valence-corrected chi connectivity index (χ3v) is 7.78. The normalized spacial score (nSPS) is 41.7. The monoisotopic (exact) mass is 358 g/mol. The number of nitrogens with zero attached hydrogens (tertiary/aromatic N) is 2. The summed E-state index contributed by atoms with van der Waals surface area (Å²) in [6.45, 7) is 5.23. The van der Waals surface area contributed by atoms with Gasteiger partial charge in [0, 0.05) is 16.4 Å². The highest BCUT2D eigenvalue weighted by molar-refractivity contribution is 9.10. The third-order valence-electron chi connectivity index (χ3n) is 7.09. The fourth-order valence-electron chi connectivity index (χ4n) is 5.54. The Morgan fingerprint density at radius 1 is 1.41 bits per heavy atom. The van der Waals surface area contributed by atoms with Gasteiger partial charge in [-0.25, -0.2) is 0 Å². The number of rotatable bonds is 1. The Morgan fingerprint density at radius 3 is 2.77 bits per heavy atom. The summed E-state index contributed by atoms with van der Waals surface area (Å²) in [4.78, 5) is 15.0. The molecule has 2 saturated carbocycles. The van der Waals surface area contributed by atoms with E-state index in [0.717, 1.165) is 17.3 Å². The first kappa shape index (κ1) is 14.3. The minimum absolute atomic E-state index is 0.00988. The lowest BCUT2D eigenvalue weighted by atomic mass is 9.66. The van der Waals surface area contributed by atoms with E-state index in [1.54, 1.807) is 0 Å². The van der Waals surface area contributed by atoms with Crippen molar-refractivity contribution in [1.29, 1.82) is 5.26 Å². The molecule has 4 heteroatoms. The van der Waals surface area contributed by atoms with E-state index in [9.17, 15) is 10.1 Å². The highest BCUT2D eigenvalue weighted by Gasteiger charge is 2.78. The molecule has 4 atom stereocenters. The van der Waals surface area contributed by atoms with Crippen molar-refractivity contribution >= 4 is 21.8 Å². The van der Waals surface area contributed by atoms with Crippen LogP contribution in [0.25, 0.3) is 0 Å². The van der Waals surface area contributed by atoms with Crippen LogP contribution in [0.2, 0.25) is 0 Å². The van der Waals surface area contributed by atoms with Crippen molar-refractivity contribution in [3.63, 3.8) is 0 Å². The molecular weight excluding hydrogens is 340 g/mol. The Kier molecular flexibility index (Phi) is 2.68. The van der Waals surface area contributed by atoms with E-state index in [0.29, 0.717) is 18.0 Å². The van der Waals surface area contributed by atoms with Crippen molar-refractivity contribution in [3.05, 3.63) is 34.3 Å². The first-order chi connectivity index (χ1) is 10.4. The average Bonchev–Trinajstić information content (AvgIpc) is 2.96. The molecule has 3 fully saturated rings. The standard InChI is InChI=1S/C18H19BrN2O/c1-16-11-21(15(22)13-5-3-4-6-14(13)19)18(10-20)9-12(16)7-8-17(16,18)2/h3-6,12H,7-9,11H2,1-2H3. The maximum absolute atomic E-state index is 13.1. The molecule has 3 aliphatic rings. The molecule has 22 heavy (non-hydrogen) atoms. The molecule has 1 aromatic rings. The number of amides is 1. The van der Waals surface area contributed by atoms with Crippen LogP contribution in [0.15, 0.2) is 28.7 Å². The van der Waals surface area contributed by atoms with Crippen LogP contribution in [0.5, 0.6) is 0 Å². The summed E-state index contributed by atoms with van der Waals surface area (Å²) < 4.78 is 0.802. The van der Waals surface area contributed by atoms with Gasteiger partial charge in [-0.05, 0) is 58.7 Å². The van der Waals surface area contributed by atoms with E-state index in [1.807, 2.05) is 29.2 Å². The SMILES string of the molecule is CC12CN(C(=O)c3ccccc3Br)C3(C#N)CC1CCC23C. The second kappa shape index (κ2) is 4.14. The predicted octanol–water partition coefficient (Wildman–Crippen LogP) is 3.99. The molecule has 1 aromatic carbocycles. The fraction of sp³-hybridized carbons (Fsp3) is 0.556. The first-order valence-corrected chi connectivity index (χ1v) is 8.67. The molecule has 0 N–H and O–H groups in total. The number of carbonyl (C=O) groups is 1. The summed E-state index contributed by atoms with van der Waals surface area (Å²) in [5.41, 5.74) is 0.0419. The minimum Gasteiger partial charge on any atom is -0.319 e. The zero-order valence-electron chi connectivity index (χ0n) is 12.9. The number of benzene rings is 1. The second-order valence-electron chi connectivity index (χ2n) is 7.53. The van der Waals surface area contributed by atoms with Crippen LogP contribution in [0.4, 0.5) is 0 Å². The molecule has 3 nitrogen and oxygen atoms in total. The summed E-state index contributed by atoms with van der Waals surface area (Å²) in [5, 5.41) is 10.0. The molecule has 0 spiro atoms. The maximum atomic E-state index is 13.1. The quantitative estimate of drug-likeness (QED) is 0.761. The molecule has 4 rings (SSSR count). The van der Waals surface area contributed by atoms with Gasteiger partial charge in [0.2, 0.25) is 0 Å². The van der Waals surface area contributed by atoms with Crippen molar-refractivity contribution < 1.29 is 4.79 Å². The van der Waals surface area contributed by atoms with Crippen molar-refractivity contribution in [2.75, 3.05) is 6.54 Å². The van der Waals surface area contributed by atoms with Crippen LogP contribution in [0, 0.1) is 28.1 Å². The zero-order chi connectivity index (χ0) is 15.8. The Balaban J connectivity index is 1.82. The van der Waals surface area contributed by atoms with Gasteiger partial charge in [0.25, 0.3) is 5.91 Å². The number of carbonyl (C=O) groups excluding carboxylic acids is 1. The Morgan fingerprint density at radius 2 is 2.14 bits per heavy atom. The maximum Gasteiger partial charge on any atom is 0.256 e. The number of nitriles is 1. The van der Waals surface area contributed by atoms with E-state index < -0.39 is 5.54 Å². The lowest BCUT2D eigenvalue weighted by molar-refractivity contribution is 0.0429. The summed E-state index contributed by atoms with van der Waals surface area (Å²) in [6.07, 6.45) is 3.10. The third kappa shape index (κ3) is 1.31. The lowest BCUT2D eigenvalue weighted by Gasteiger charge is -2.43. The van der Waals surface area contributed by atoms with E-state index >= 15 is 0 Å². The number of piperidine rings is 1. The van der Waals surface area contributed by atoms with Crippen LogP contribution in [-0.4, -0.2) is 22.9 Å². The van der Waals surface area contributed by atoms with Crippen LogP contribution in [0.1, 0.15) is 43.5 Å². The van der Waals surface area contributed by atoms with Gasteiger partial charge in [-0.15, -0.1) is 0 Å². The average molecular weight is 359 g/mol. The zero-order valence-corrected chi connectivity index (χ0v) is 14.5. The summed E-state index contributed by atoms with van der Waals surface area (Å²) in [5.74, 6) is 0.574. The van der Waals surface area contributed by atoms with Gasteiger partial charge < -0.3 is 4.90 Å². The molecule has 1 saturated heterocycles. The van der Waals surface area contributed by atoms with Crippen molar-refractivity contribution in [2.45, 2.75) is 38.6 Å². The molecule has 4 bridgehead atoms. The molecule has 0 radical (unpaired) electrons. The fourth-order valence-corrected chi connectivity index (χ4v) is 5.99. The summed E-state index contributed by atoms with van der Waals surface area (Å²) in [6, 6.07) is 10.1. The van der Waals surface area contributed by atoms with Crippen molar-refractivity contribution in [1.82, 2.24) is 4.90 Å². The topological polar surface area (TPSA) is 44.1 Å². The smallest absolute Gasteiger partial charge is 0.256 e. The second-order valence-corrected chi connectivity index (χ2v) is 8.39. The van der Waals surface area contributed by atoms with Gasteiger partial charge in [-0.1, -0.05) is 26.0 Å². The molecule has 4 unspecified atom stereocenters. The van der Waals surface area contributed by atoms with Crippen molar-refractivity contribution in [2.24, 2.45) is 16.7 Å². The van der Waals surface area contributed by atoms with Crippen LogP contribution in [0.3, 0.4) is 0 Å². The molecule has 1 heterocycles. The summed E-state index contributed by atoms with van der Waals surface area (Å²) in [7, 11) is 0. The van der Waals surface area contributed by atoms with E-state index in [1.165, 1.54) is 6.42 Å². The Labute approximate surface area is 139 Å². The van der Waals surface area contributed by atoms with E-state index in [4.69, 9.17) is 0 Å². The van der Waals surface area contributed by atoms with Crippen LogP contribution in [-0.2, 0) is 0 Å². The van der Waals surface area contributed by atoms with Crippen LogP contribution < -0.4 is 0 Å². The van der Waals surface area contributed by atoms with Crippen LogP contribution >= 0.6 is 15.9 Å². The number of likely N-dealkylation sites (tertiary alicyclic amines) is 1. The van der Waals surface area contributed by atoms with Gasteiger partial charge in [0.1, 0.15) is 5.54 Å². The van der Waals surface area contributed by atoms with Gasteiger partial charge in [-0.2, -0.15) is 5.26 Å².